The number of anilines is 1. The molecule has 2 aromatic rings. The summed E-state index contributed by atoms with van der Waals surface area (Å²) in [6, 6.07) is 11.2. The molecule has 0 atom stereocenters. The number of hydrogen-bond donors (Lipinski definition) is 3. The van der Waals surface area contributed by atoms with Crippen molar-refractivity contribution in [3.05, 3.63) is 53.1 Å². The van der Waals surface area contributed by atoms with Gasteiger partial charge in [0.1, 0.15) is 16.5 Å². The third kappa shape index (κ3) is 2.91. The van der Waals surface area contributed by atoms with Crippen molar-refractivity contribution in [2.45, 2.75) is 0 Å². The topological polar surface area (TPSA) is 52.5 Å². The van der Waals surface area contributed by atoms with Gasteiger partial charge >= 0.3 is 0 Å². The van der Waals surface area contributed by atoms with Gasteiger partial charge in [-0.25, -0.2) is 0 Å². The molecule has 0 aliphatic rings. The quantitative estimate of drug-likeness (QED) is 0.581. The van der Waals surface area contributed by atoms with Crippen molar-refractivity contribution in [1.82, 2.24) is 0 Å². The van der Waals surface area contributed by atoms with Crippen LogP contribution in [0.1, 0.15) is 5.56 Å². The van der Waals surface area contributed by atoms with Crippen molar-refractivity contribution in [3.8, 4) is 11.5 Å². The lowest BCUT2D eigenvalue weighted by Crippen LogP contribution is -2.10. The first-order valence-corrected chi connectivity index (χ1v) is 5.94. The van der Waals surface area contributed by atoms with Crippen LogP contribution in [0.2, 0.25) is 5.02 Å². The summed E-state index contributed by atoms with van der Waals surface area (Å²) in [7, 11) is 0. The van der Waals surface area contributed by atoms with Gasteiger partial charge in [0.2, 0.25) is 0 Å². The van der Waals surface area contributed by atoms with Gasteiger partial charge in [-0.3, -0.25) is 0 Å². The third-order valence-electron chi connectivity index (χ3n) is 2.33. The van der Waals surface area contributed by atoms with Crippen LogP contribution in [-0.4, -0.2) is 15.2 Å². The van der Waals surface area contributed by atoms with E-state index < -0.39 is 0 Å². The van der Waals surface area contributed by atoms with Crippen molar-refractivity contribution in [2.24, 2.45) is 0 Å². The van der Waals surface area contributed by atoms with Gasteiger partial charge in [-0.15, -0.1) is 0 Å². The maximum atomic E-state index is 9.67. The van der Waals surface area contributed by atoms with Crippen LogP contribution in [0.4, 0.5) is 5.69 Å². The summed E-state index contributed by atoms with van der Waals surface area (Å²) >= 11 is 10.9. The zero-order valence-corrected chi connectivity index (χ0v) is 10.8. The summed E-state index contributed by atoms with van der Waals surface area (Å²) in [6.45, 7) is 0. The molecule has 0 saturated carbocycles. The van der Waals surface area contributed by atoms with Gasteiger partial charge in [0.15, 0.2) is 0 Å². The molecule has 5 heteroatoms. The molecule has 2 rings (SSSR count). The van der Waals surface area contributed by atoms with Crippen LogP contribution in [0, 0.1) is 0 Å². The number of benzene rings is 2. The first kappa shape index (κ1) is 12.7. The molecule has 0 heterocycles. The lowest BCUT2D eigenvalue weighted by Gasteiger charge is -2.10. The van der Waals surface area contributed by atoms with E-state index in [1.165, 1.54) is 18.2 Å². The minimum atomic E-state index is 0.0132. The van der Waals surface area contributed by atoms with Gasteiger partial charge in [0.05, 0.1) is 5.56 Å². The van der Waals surface area contributed by atoms with Crippen molar-refractivity contribution in [2.75, 3.05) is 5.32 Å². The second-order valence-electron chi connectivity index (χ2n) is 3.66. The number of thiocarbonyl (C=S) groups is 1. The molecular formula is C13H10ClNO2S. The lowest BCUT2D eigenvalue weighted by atomic mass is 10.2. The summed E-state index contributed by atoms with van der Waals surface area (Å²) in [5.74, 6) is 0.0577. The number of phenolic OH excluding ortho intramolecular Hbond substituents is 2. The average molecular weight is 280 g/mol. The van der Waals surface area contributed by atoms with Crippen molar-refractivity contribution in [3.63, 3.8) is 0 Å². The molecule has 0 aliphatic heterocycles. The molecule has 0 radical (unpaired) electrons. The van der Waals surface area contributed by atoms with E-state index in [-0.39, 0.29) is 11.5 Å². The van der Waals surface area contributed by atoms with Crippen LogP contribution in [0.25, 0.3) is 0 Å². The number of hydrogen-bond acceptors (Lipinski definition) is 3. The maximum Gasteiger partial charge on any atom is 0.126 e. The molecule has 0 aromatic heterocycles. The van der Waals surface area contributed by atoms with Gasteiger partial charge in [-0.2, -0.15) is 0 Å². The van der Waals surface area contributed by atoms with Crippen LogP contribution in [-0.2, 0) is 0 Å². The van der Waals surface area contributed by atoms with E-state index in [2.05, 4.69) is 5.32 Å². The molecule has 3 N–H and O–H groups in total. The van der Waals surface area contributed by atoms with Crippen LogP contribution in [0.3, 0.4) is 0 Å². The summed E-state index contributed by atoms with van der Waals surface area (Å²) in [6.07, 6.45) is 0. The average Bonchev–Trinajstić information content (AvgIpc) is 2.35. The van der Waals surface area contributed by atoms with E-state index in [0.29, 0.717) is 15.6 Å². The minimum Gasteiger partial charge on any atom is -0.508 e. The molecule has 92 valence electrons. The molecule has 3 nitrogen and oxygen atoms in total. The lowest BCUT2D eigenvalue weighted by molar-refractivity contribution is 0.459. The Morgan fingerprint density at radius 2 is 1.72 bits per heavy atom. The zero-order valence-electron chi connectivity index (χ0n) is 9.22. The monoisotopic (exact) mass is 279 g/mol. The van der Waals surface area contributed by atoms with E-state index in [1.54, 1.807) is 24.3 Å². The Morgan fingerprint density at radius 3 is 2.39 bits per heavy atom. The second kappa shape index (κ2) is 5.25. The highest BCUT2D eigenvalue weighted by Gasteiger charge is 2.08. The Bertz CT molecular complexity index is 584. The summed E-state index contributed by atoms with van der Waals surface area (Å²) < 4.78 is 0. The smallest absolute Gasteiger partial charge is 0.126 e. The first-order chi connectivity index (χ1) is 8.56. The van der Waals surface area contributed by atoms with Crippen molar-refractivity contribution < 1.29 is 10.2 Å². The van der Waals surface area contributed by atoms with Gasteiger partial charge in [0, 0.05) is 10.7 Å². The summed E-state index contributed by atoms with van der Waals surface area (Å²) in [5, 5.41) is 22.6. The molecule has 0 fully saturated rings. The highest BCUT2D eigenvalue weighted by atomic mass is 35.5. The number of rotatable bonds is 2. The van der Waals surface area contributed by atoms with E-state index in [0.717, 1.165) is 5.69 Å². The van der Waals surface area contributed by atoms with Crippen molar-refractivity contribution >= 4 is 34.5 Å². The molecule has 0 bridgehead atoms. The Morgan fingerprint density at radius 1 is 1.06 bits per heavy atom. The molecule has 0 unspecified atom stereocenters. The van der Waals surface area contributed by atoms with Gasteiger partial charge < -0.3 is 15.5 Å². The van der Waals surface area contributed by atoms with Crippen LogP contribution < -0.4 is 5.32 Å². The maximum absolute atomic E-state index is 9.67. The second-order valence-corrected chi connectivity index (χ2v) is 4.51. The van der Waals surface area contributed by atoms with Crippen LogP contribution >= 0.6 is 23.8 Å². The van der Waals surface area contributed by atoms with E-state index >= 15 is 0 Å². The first-order valence-electron chi connectivity index (χ1n) is 5.15. The molecule has 2 aromatic carbocycles. The Hall–Kier alpha value is -1.78. The molecule has 0 aliphatic carbocycles. The molecule has 0 amide bonds. The number of nitrogens with one attached hydrogen (secondary N) is 1. The summed E-state index contributed by atoms with van der Waals surface area (Å²) in [5.41, 5.74) is 1.13. The van der Waals surface area contributed by atoms with E-state index in [1.807, 2.05) is 0 Å². The fourth-order valence-corrected chi connectivity index (χ4v) is 1.84. The number of aromatic hydroxyl groups is 2. The van der Waals surface area contributed by atoms with E-state index in [9.17, 15) is 10.2 Å². The molecule has 0 saturated heterocycles. The van der Waals surface area contributed by atoms with Crippen molar-refractivity contribution in [1.29, 1.82) is 0 Å². The minimum absolute atomic E-state index is 0.0132. The highest BCUT2D eigenvalue weighted by molar-refractivity contribution is 7.81. The Labute approximate surface area is 115 Å². The predicted octanol–water partition coefficient (Wildman–Crippen LogP) is 3.54. The molecule has 0 spiro atoms. The fourth-order valence-electron chi connectivity index (χ4n) is 1.44. The van der Waals surface area contributed by atoms with Gasteiger partial charge in [-0.1, -0.05) is 23.8 Å². The molecule has 18 heavy (non-hydrogen) atoms. The summed E-state index contributed by atoms with van der Waals surface area (Å²) in [4.78, 5) is 0.325. The fraction of sp³-hybridized carbons (Fsp3) is 0. The normalized spacial score (nSPS) is 10.1. The largest absolute Gasteiger partial charge is 0.508 e. The van der Waals surface area contributed by atoms with Gasteiger partial charge in [-0.05, 0) is 42.5 Å². The highest BCUT2D eigenvalue weighted by Crippen LogP contribution is 2.24. The zero-order chi connectivity index (χ0) is 13.1. The number of halogens is 1. The SMILES string of the molecule is Oc1ccc(O)c(C(=S)Nc2ccc(Cl)cc2)c1. The van der Waals surface area contributed by atoms with Crippen LogP contribution in [0.5, 0.6) is 11.5 Å². The Balaban J connectivity index is 2.21. The predicted molar refractivity (Wildman–Crippen MR) is 76.5 cm³/mol. The Kier molecular flexibility index (Phi) is 3.69. The molecular weight excluding hydrogens is 270 g/mol. The van der Waals surface area contributed by atoms with E-state index in [4.69, 9.17) is 23.8 Å². The standard InChI is InChI=1S/C13H10ClNO2S/c14-8-1-3-9(4-2-8)15-13(18)11-7-10(16)5-6-12(11)17/h1-7,16-17H,(H,15,18). The van der Waals surface area contributed by atoms with Crippen LogP contribution in [0.15, 0.2) is 42.5 Å². The number of phenols is 2. The third-order valence-corrected chi connectivity index (χ3v) is 2.90. The van der Waals surface area contributed by atoms with Gasteiger partial charge in [0.25, 0.3) is 0 Å².